The van der Waals surface area contributed by atoms with Crippen molar-refractivity contribution >= 4 is 13.5 Å². The molecule has 3 rings (SSSR count). The highest BCUT2D eigenvalue weighted by Gasteiger charge is 2.50. The summed E-state index contributed by atoms with van der Waals surface area (Å²) < 4.78 is 29.5. The van der Waals surface area contributed by atoms with Gasteiger partial charge >= 0.3 is 7.60 Å². The minimum absolute atomic E-state index is 0.00154. The Balaban J connectivity index is 1.89. The molecule has 2 aliphatic heterocycles. The van der Waals surface area contributed by atoms with Crippen LogP contribution in [0, 0.1) is 0 Å². The highest BCUT2D eigenvalue weighted by Crippen LogP contribution is 2.57. The quantitative estimate of drug-likeness (QED) is 0.634. The summed E-state index contributed by atoms with van der Waals surface area (Å²) in [6.45, 7) is 4.10. The number of carbonyl (C=O) groups is 1. The summed E-state index contributed by atoms with van der Waals surface area (Å²) in [5.41, 5.74) is 0.393. The van der Waals surface area contributed by atoms with Crippen LogP contribution in [0.4, 0.5) is 0 Å². The van der Waals surface area contributed by atoms with E-state index in [0.29, 0.717) is 6.42 Å². The van der Waals surface area contributed by atoms with Gasteiger partial charge in [-0.1, -0.05) is 12.1 Å². The average molecular weight is 395 g/mol. The second kappa shape index (κ2) is 8.76. The van der Waals surface area contributed by atoms with Crippen LogP contribution >= 0.6 is 7.60 Å². The lowest BCUT2D eigenvalue weighted by atomic mass is 9.85. The summed E-state index contributed by atoms with van der Waals surface area (Å²) in [5.74, 6) is 0.711. The highest BCUT2D eigenvalue weighted by molar-refractivity contribution is 7.55. The third-order valence-electron chi connectivity index (χ3n) is 5.56. The molecule has 2 heterocycles. The lowest BCUT2D eigenvalue weighted by Crippen LogP contribution is -2.53. The van der Waals surface area contributed by atoms with Crippen molar-refractivity contribution in [1.29, 1.82) is 0 Å². The van der Waals surface area contributed by atoms with E-state index >= 15 is 0 Å². The van der Waals surface area contributed by atoms with Crippen molar-refractivity contribution in [2.24, 2.45) is 0 Å². The van der Waals surface area contributed by atoms with Crippen LogP contribution in [-0.4, -0.2) is 42.8 Å². The number of hydrogen-bond acceptors (Lipinski definition) is 5. The molecule has 0 aromatic heterocycles. The number of fused-ring (bicyclic) bond motifs is 1. The molecule has 1 aromatic carbocycles. The van der Waals surface area contributed by atoms with Crippen LogP contribution in [-0.2, 0) is 18.4 Å². The van der Waals surface area contributed by atoms with Gasteiger partial charge in [0.25, 0.3) is 0 Å². The van der Waals surface area contributed by atoms with E-state index in [0.717, 1.165) is 37.0 Å². The lowest BCUT2D eigenvalue weighted by Gasteiger charge is -2.48. The van der Waals surface area contributed by atoms with E-state index < -0.39 is 13.3 Å². The number of piperidine rings is 2. The number of carbonyl (C=O) groups excluding carboxylic acids is 1. The third kappa shape index (κ3) is 4.08. The van der Waals surface area contributed by atoms with Gasteiger partial charge in [0.15, 0.2) is 0 Å². The normalized spacial score (nSPS) is 26.0. The maximum absolute atomic E-state index is 13.4. The summed E-state index contributed by atoms with van der Waals surface area (Å²) >= 11 is 0. The molecule has 0 saturated carbocycles. The molecule has 0 bridgehead atoms. The predicted octanol–water partition coefficient (Wildman–Crippen LogP) is 4.55. The molecule has 7 heteroatoms. The molecule has 1 aromatic rings. The standard InChI is InChI=1S/C20H30NO5P/c1-4-25-27(23,26-5-2)19-14-11-16-7-6-8-18(21(16)20(19)22)15-9-12-17(24-3)13-10-15/h9-10,12-13,16,18-19H,4-8,11,14H2,1-3H3/t16-,18-,19?/m0/s1. The predicted molar refractivity (Wildman–Crippen MR) is 104 cm³/mol. The van der Waals surface area contributed by atoms with E-state index in [1.807, 2.05) is 29.2 Å². The van der Waals surface area contributed by atoms with E-state index in [-0.39, 0.29) is 31.2 Å². The fourth-order valence-corrected chi connectivity index (χ4v) is 6.39. The second-order valence-electron chi connectivity index (χ2n) is 7.09. The van der Waals surface area contributed by atoms with Gasteiger partial charge in [0.1, 0.15) is 11.4 Å². The van der Waals surface area contributed by atoms with Gasteiger partial charge in [-0.15, -0.1) is 0 Å². The summed E-state index contributed by atoms with van der Waals surface area (Å²) in [4.78, 5) is 15.4. The molecule has 1 amide bonds. The zero-order valence-corrected chi connectivity index (χ0v) is 17.3. The fourth-order valence-electron chi connectivity index (χ4n) is 4.37. The zero-order valence-electron chi connectivity index (χ0n) is 16.4. The molecule has 6 nitrogen and oxygen atoms in total. The Kier molecular flexibility index (Phi) is 6.61. The van der Waals surface area contributed by atoms with Gasteiger partial charge in [0, 0.05) is 6.04 Å². The van der Waals surface area contributed by atoms with Crippen LogP contribution < -0.4 is 4.74 Å². The topological polar surface area (TPSA) is 65.1 Å². The largest absolute Gasteiger partial charge is 0.497 e. The molecule has 0 aliphatic carbocycles. The van der Waals surface area contributed by atoms with Crippen molar-refractivity contribution < 1.29 is 23.1 Å². The molecule has 2 aliphatic rings. The Morgan fingerprint density at radius 2 is 1.70 bits per heavy atom. The summed E-state index contributed by atoms with van der Waals surface area (Å²) in [7, 11) is -1.81. The Morgan fingerprint density at radius 3 is 2.30 bits per heavy atom. The van der Waals surface area contributed by atoms with Crippen LogP contribution in [0.25, 0.3) is 0 Å². The van der Waals surface area contributed by atoms with Crippen molar-refractivity contribution in [2.45, 2.75) is 63.7 Å². The minimum atomic E-state index is -3.46. The first kappa shape index (κ1) is 20.4. The monoisotopic (exact) mass is 395 g/mol. The molecule has 2 saturated heterocycles. The maximum Gasteiger partial charge on any atom is 0.343 e. The lowest BCUT2D eigenvalue weighted by molar-refractivity contribution is -0.142. The summed E-state index contributed by atoms with van der Waals surface area (Å²) in [5, 5.41) is 0. The van der Waals surface area contributed by atoms with Crippen LogP contribution in [0.2, 0.25) is 0 Å². The Labute approximate surface area is 161 Å². The molecule has 27 heavy (non-hydrogen) atoms. The third-order valence-corrected chi connectivity index (χ3v) is 8.04. The molecule has 1 unspecified atom stereocenters. The van der Waals surface area contributed by atoms with Crippen molar-refractivity contribution in [2.75, 3.05) is 20.3 Å². The first-order valence-corrected chi connectivity index (χ1v) is 11.5. The van der Waals surface area contributed by atoms with Gasteiger partial charge in [-0.05, 0) is 63.6 Å². The average Bonchev–Trinajstić information content (AvgIpc) is 2.68. The van der Waals surface area contributed by atoms with E-state index in [1.165, 1.54) is 0 Å². The van der Waals surface area contributed by atoms with E-state index in [9.17, 15) is 9.36 Å². The Hall–Kier alpha value is -1.36. The number of nitrogens with zero attached hydrogens (tertiary/aromatic N) is 1. The SMILES string of the molecule is CCOP(=O)(OCC)C1CC[C@@H]2CCC[C@@H](c3ccc(OC)cc3)N2C1=O. The smallest absolute Gasteiger partial charge is 0.343 e. The molecule has 3 atom stereocenters. The van der Waals surface area contributed by atoms with Crippen LogP contribution in [0.5, 0.6) is 5.75 Å². The number of methoxy groups -OCH3 is 1. The zero-order chi connectivity index (χ0) is 19.4. The number of rotatable bonds is 7. The van der Waals surface area contributed by atoms with Gasteiger partial charge in [-0.2, -0.15) is 0 Å². The summed E-state index contributed by atoms with van der Waals surface area (Å²) in [6, 6.07) is 8.10. The highest BCUT2D eigenvalue weighted by atomic mass is 31.2. The van der Waals surface area contributed by atoms with Crippen molar-refractivity contribution in [1.82, 2.24) is 4.90 Å². The molecule has 0 spiro atoms. The fraction of sp³-hybridized carbons (Fsp3) is 0.650. The summed E-state index contributed by atoms with van der Waals surface area (Å²) in [6.07, 6.45) is 4.40. The van der Waals surface area contributed by atoms with Crippen LogP contribution in [0.3, 0.4) is 0 Å². The van der Waals surface area contributed by atoms with Crippen LogP contribution in [0.15, 0.2) is 24.3 Å². The molecule has 0 N–H and O–H groups in total. The maximum atomic E-state index is 13.4. The molecular formula is C20H30NO5P. The molecular weight excluding hydrogens is 365 g/mol. The Bertz CT molecular complexity index is 682. The second-order valence-corrected chi connectivity index (χ2v) is 9.31. The molecule has 150 valence electrons. The first-order valence-electron chi connectivity index (χ1n) is 9.89. The number of benzene rings is 1. The number of hydrogen-bond donors (Lipinski definition) is 0. The van der Waals surface area contributed by atoms with Gasteiger partial charge in [-0.3, -0.25) is 9.36 Å². The molecule has 0 radical (unpaired) electrons. The minimum Gasteiger partial charge on any atom is -0.497 e. The Morgan fingerprint density at radius 1 is 1.04 bits per heavy atom. The van der Waals surface area contributed by atoms with Gasteiger partial charge in [0.2, 0.25) is 5.91 Å². The van der Waals surface area contributed by atoms with Crippen molar-refractivity contribution in [3.8, 4) is 5.75 Å². The van der Waals surface area contributed by atoms with Gasteiger partial charge < -0.3 is 18.7 Å². The van der Waals surface area contributed by atoms with Crippen molar-refractivity contribution in [3.05, 3.63) is 29.8 Å². The van der Waals surface area contributed by atoms with E-state index in [4.69, 9.17) is 13.8 Å². The van der Waals surface area contributed by atoms with Crippen LogP contribution in [0.1, 0.15) is 57.6 Å². The van der Waals surface area contributed by atoms with Gasteiger partial charge in [0.05, 0.1) is 26.4 Å². The van der Waals surface area contributed by atoms with E-state index in [2.05, 4.69) is 0 Å². The number of ether oxygens (including phenoxy) is 1. The first-order chi connectivity index (χ1) is 13.0. The van der Waals surface area contributed by atoms with Gasteiger partial charge in [-0.25, -0.2) is 0 Å². The van der Waals surface area contributed by atoms with E-state index in [1.54, 1.807) is 21.0 Å². The molecule has 2 fully saturated rings. The number of amides is 1. The van der Waals surface area contributed by atoms with Crippen molar-refractivity contribution in [3.63, 3.8) is 0 Å².